The Morgan fingerprint density at radius 2 is 1.97 bits per heavy atom. The molecule has 1 aromatic heterocycles. The van der Waals surface area contributed by atoms with Crippen LogP contribution in [0.3, 0.4) is 0 Å². The van der Waals surface area contributed by atoms with Crippen LogP contribution < -0.4 is 20.7 Å². The molecule has 2 aromatic carbocycles. The lowest BCUT2D eigenvalue weighted by atomic mass is 10.2. The minimum absolute atomic E-state index is 0.256. The fourth-order valence-corrected chi connectivity index (χ4v) is 2.74. The van der Waals surface area contributed by atoms with Crippen LogP contribution in [-0.2, 0) is 9.53 Å². The molecule has 0 saturated heterocycles. The molecular formula is C21H21N3O6. The highest BCUT2D eigenvalue weighted by atomic mass is 16.6. The van der Waals surface area contributed by atoms with Gasteiger partial charge in [0.15, 0.2) is 17.6 Å². The molecule has 3 rings (SSSR count). The van der Waals surface area contributed by atoms with E-state index in [0.29, 0.717) is 28.0 Å². The van der Waals surface area contributed by atoms with E-state index in [-0.39, 0.29) is 6.61 Å². The van der Waals surface area contributed by atoms with Gasteiger partial charge in [0.1, 0.15) is 0 Å². The van der Waals surface area contributed by atoms with E-state index in [1.165, 1.54) is 13.3 Å². The molecule has 0 aliphatic carbocycles. The Morgan fingerprint density at radius 1 is 1.20 bits per heavy atom. The quantitative estimate of drug-likeness (QED) is 0.470. The normalized spacial score (nSPS) is 12.1. The second-order valence-corrected chi connectivity index (χ2v) is 6.26. The number of aromatic nitrogens is 2. The number of hydrogen-bond acceptors (Lipinski definition) is 7. The molecule has 1 N–H and O–H groups in total. The summed E-state index contributed by atoms with van der Waals surface area (Å²) >= 11 is 0. The zero-order valence-electron chi connectivity index (χ0n) is 16.7. The van der Waals surface area contributed by atoms with Crippen LogP contribution in [0.15, 0.2) is 57.2 Å². The molecule has 0 aliphatic heterocycles. The Kier molecular flexibility index (Phi) is 6.31. The first-order valence-electron chi connectivity index (χ1n) is 9.24. The van der Waals surface area contributed by atoms with E-state index >= 15 is 0 Å². The lowest BCUT2D eigenvalue weighted by Crippen LogP contribution is -2.32. The maximum absolute atomic E-state index is 12.5. The minimum atomic E-state index is -0.812. The van der Waals surface area contributed by atoms with Crippen LogP contribution in [0.1, 0.15) is 19.4 Å². The predicted octanol–water partition coefficient (Wildman–Crippen LogP) is 1.91. The number of carbonyl (C=O) groups excluding carboxylic acids is 1. The van der Waals surface area contributed by atoms with Crippen molar-refractivity contribution in [3.8, 4) is 11.5 Å². The van der Waals surface area contributed by atoms with Gasteiger partial charge in [0, 0.05) is 0 Å². The molecule has 0 amide bonds. The molecule has 9 nitrogen and oxygen atoms in total. The fourth-order valence-electron chi connectivity index (χ4n) is 2.74. The van der Waals surface area contributed by atoms with E-state index in [4.69, 9.17) is 14.2 Å². The Hall–Kier alpha value is -3.88. The van der Waals surface area contributed by atoms with E-state index in [9.17, 15) is 14.4 Å². The molecule has 3 aromatic rings. The number of fused-ring (bicyclic) bond motifs is 1. The number of aromatic amines is 1. The highest BCUT2D eigenvalue weighted by Crippen LogP contribution is 2.28. The van der Waals surface area contributed by atoms with Crippen molar-refractivity contribution < 1.29 is 19.0 Å². The second-order valence-electron chi connectivity index (χ2n) is 6.26. The van der Waals surface area contributed by atoms with Gasteiger partial charge in [-0.3, -0.25) is 4.79 Å². The molecule has 1 heterocycles. The van der Waals surface area contributed by atoms with Crippen molar-refractivity contribution in [2.75, 3.05) is 13.7 Å². The van der Waals surface area contributed by atoms with Gasteiger partial charge in [-0.15, -0.1) is 4.68 Å². The van der Waals surface area contributed by atoms with Gasteiger partial charge in [0.2, 0.25) is 0 Å². The summed E-state index contributed by atoms with van der Waals surface area (Å²) in [6.45, 7) is 3.54. The molecule has 156 valence electrons. The molecule has 0 fully saturated rings. The Morgan fingerprint density at radius 3 is 2.70 bits per heavy atom. The highest BCUT2D eigenvalue weighted by molar-refractivity contribution is 5.81. The summed E-state index contributed by atoms with van der Waals surface area (Å²) in [5.41, 5.74) is -0.175. The summed E-state index contributed by atoms with van der Waals surface area (Å²) in [5.74, 6) is 0.214. The van der Waals surface area contributed by atoms with Crippen LogP contribution in [0.25, 0.3) is 10.9 Å². The zero-order valence-corrected chi connectivity index (χ0v) is 16.7. The smallest absolute Gasteiger partial charge is 0.349 e. The van der Waals surface area contributed by atoms with E-state index in [1.807, 2.05) is 0 Å². The van der Waals surface area contributed by atoms with Gasteiger partial charge in [-0.1, -0.05) is 12.1 Å². The van der Waals surface area contributed by atoms with Gasteiger partial charge < -0.3 is 19.2 Å². The van der Waals surface area contributed by atoms with Crippen molar-refractivity contribution in [1.82, 2.24) is 9.66 Å². The number of para-hydroxylation sites is 1. The third kappa shape index (κ3) is 4.40. The lowest BCUT2D eigenvalue weighted by molar-refractivity contribution is -0.150. The Balaban J connectivity index is 1.88. The maximum Gasteiger partial charge on any atom is 0.349 e. The number of benzene rings is 2. The maximum atomic E-state index is 12.5. The first-order valence-corrected chi connectivity index (χ1v) is 9.24. The number of H-pyrrole nitrogens is 1. The third-order valence-electron chi connectivity index (χ3n) is 4.22. The van der Waals surface area contributed by atoms with Crippen LogP contribution in [-0.4, -0.2) is 41.7 Å². The Bertz CT molecular complexity index is 1210. The number of nitrogens with zero attached hydrogens (tertiary/aromatic N) is 2. The molecule has 0 aliphatic rings. The largest absolute Gasteiger partial charge is 0.493 e. The van der Waals surface area contributed by atoms with E-state index in [1.54, 1.807) is 56.3 Å². The zero-order chi connectivity index (χ0) is 21.7. The van der Waals surface area contributed by atoms with E-state index in [2.05, 4.69) is 10.1 Å². The van der Waals surface area contributed by atoms with Gasteiger partial charge in [-0.05, 0) is 49.7 Å². The number of esters is 1. The fraction of sp³-hybridized carbons (Fsp3) is 0.238. The average molecular weight is 411 g/mol. The first kappa shape index (κ1) is 20.8. The summed E-state index contributed by atoms with van der Waals surface area (Å²) < 4.78 is 16.6. The van der Waals surface area contributed by atoms with Gasteiger partial charge >= 0.3 is 11.7 Å². The first-order chi connectivity index (χ1) is 14.4. The van der Waals surface area contributed by atoms with Crippen LogP contribution >= 0.6 is 0 Å². The molecular weight excluding hydrogens is 390 g/mol. The van der Waals surface area contributed by atoms with Crippen molar-refractivity contribution in [2.45, 2.75) is 20.0 Å². The van der Waals surface area contributed by atoms with Gasteiger partial charge in [0.25, 0.3) is 5.56 Å². The van der Waals surface area contributed by atoms with Crippen LogP contribution in [0.2, 0.25) is 0 Å². The monoisotopic (exact) mass is 411 g/mol. The van der Waals surface area contributed by atoms with Gasteiger partial charge in [-0.2, -0.15) is 5.10 Å². The number of rotatable bonds is 7. The summed E-state index contributed by atoms with van der Waals surface area (Å²) in [6, 6.07) is 11.5. The van der Waals surface area contributed by atoms with Gasteiger partial charge in [0.05, 0.1) is 30.8 Å². The summed E-state index contributed by atoms with van der Waals surface area (Å²) in [5, 5.41) is 4.36. The number of ether oxygens (including phenoxy) is 3. The van der Waals surface area contributed by atoms with Crippen LogP contribution in [0.4, 0.5) is 0 Å². The minimum Gasteiger partial charge on any atom is -0.493 e. The van der Waals surface area contributed by atoms with Crippen LogP contribution in [0, 0.1) is 0 Å². The third-order valence-corrected chi connectivity index (χ3v) is 4.22. The topological polar surface area (TPSA) is 112 Å². The molecule has 1 atom stereocenters. The number of nitrogens with one attached hydrogen (secondary N) is 1. The summed E-state index contributed by atoms with van der Waals surface area (Å²) in [6.07, 6.45) is 0.542. The van der Waals surface area contributed by atoms with E-state index < -0.39 is 23.3 Å². The number of hydrogen-bond donors (Lipinski definition) is 1. The summed E-state index contributed by atoms with van der Waals surface area (Å²) in [7, 11) is 1.46. The number of carbonyl (C=O) groups is 1. The van der Waals surface area contributed by atoms with Crippen LogP contribution in [0.5, 0.6) is 11.5 Å². The standard InChI is InChI=1S/C21H21N3O6/c1-4-29-20(26)13(2)30-17-10-9-14(11-18(17)28-3)12-22-24-19(25)15-7-5-6-8-16(15)23-21(24)27/h5-13H,4H2,1-3H3,(H,23,27)/t13-/m0/s1. The second kappa shape index (κ2) is 9.08. The Labute approximate surface area is 171 Å². The average Bonchev–Trinajstić information content (AvgIpc) is 2.74. The van der Waals surface area contributed by atoms with Crippen molar-refractivity contribution in [3.63, 3.8) is 0 Å². The van der Waals surface area contributed by atoms with Crippen molar-refractivity contribution in [2.24, 2.45) is 5.10 Å². The lowest BCUT2D eigenvalue weighted by Gasteiger charge is -2.16. The van der Waals surface area contributed by atoms with Crippen molar-refractivity contribution in [3.05, 3.63) is 68.9 Å². The predicted molar refractivity (Wildman–Crippen MR) is 112 cm³/mol. The number of methoxy groups -OCH3 is 1. The molecule has 9 heteroatoms. The van der Waals surface area contributed by atoms with E-state index in [0.717, 1.165) is 4.68 Å². The van der Waals surface area contributed by atoms with Gasteiger partial charge in [-0.25, -0.2) is 9.59 Å². The molecule has 0 unspecified atom stereocenters. The molecule has 0 radical (unpaired) electrons. The highest BCUT2D eigenvalue weighted by Gasteiger charge is 2.18. The molecule has 0 spiro atoms. The molecule has 0 bridgehead atoms. The summed E-state index contributed by atoms with van der Waals surface area (Å²) in [4.78, 5) is 39.1. The molecule has 30 heavy (non-hydrogen) atoms. The molecule has 0 saturated carbocycles. The SMILES string of the molecule is CCOC(=O)[C@H](C)Oc1ccc(C=Nn2c(=O)[nH]c3ccccc3c2=O)cc1OC. The van der Waals surface area contributed by atoms with Crippen molar-refractivity contribution in [1.29, 1.82) is 0 Å². The van der Waals surface area contributed by atoms with Crippen molar-refractivity contribution >= 4 is 23.1 Å².